The molecule has 1 saturated heterocycles. The first-order valence-corrected chi connectivity index (χ1v) is 9.46. The molecule has 0 bridgehead atoms. The van der Waals surface area contributed by atoms with Crippen LogP contribution in [0.3, 0.4) is 0 Å². The standard InChI is InChI=1S/C21H21FN6O/c22-18-7-4-8-19(15-18)28-20(23-24-25-28)16-26-11-13-27(14-12-26)21(29)10-9-17-5-2-1-3-6-17/h1-10,15H,11-14,16H2/b10-9-. The lowest BCUT2D eigenvalue weighted by Crippen LogP contribution is -2.48. The Balaban J connectivity index is 1.33. The second kappa shape index (κ2) is 8.74. The van der Waals surface area contributed by atoms with E-state index in [2.05, 4.69) is 20.4 Å². The van der Waals surface area contributed by atoms with E-state index < -0.39 is 0 Å². The van der Waals surface area contributed by atoms with Crippen LogP contribution in [0, 0.1) is 5.82 Å². The molecule has 0 radical (unpaired) electrons. The van der Waals surface area contributed by atoms with Crippen LogP contribution in [0.1, 0.15) is 11.4 Å². The Hall–Kier alpha value is -3.39. The fourth-order valence-corrected chi connectivity index (χ4v) is 3.28. The van der Waals surface area contributed by atoms with E-state index in [0.29, 0.717) is 31.1 Å². The number of amides is 1. The minimum absolute atomic E-state index is 0.0121. The highest BCUT2D eigenvalue weighted by Gasteiger charge is 2.21. The Morgan fingerprint density at radius 1 is 1.03 bits per heavy atom. The molecule has 0 atom stereocenters. The van der Waals surface area contributed by atoms with E-state index in [1.807, 2.05) is 41.3 Å². The predicted molar refractivity (Wildman–Crippen MR) is 106 cm³/mol. The SMILES string of the molecule is O=C(/C=C\c1ccccc1)N1CCN(Cc2nnnn2-c2cccc(F)c2)CC1. The molecule has 4 rings (SSSR count). The topological polar surface area (TPSA) is 67.2 Å². The molecule has 0 N–H and O–H groups in total. The Morgan fingerprint density at radius 3 is 2.59 bits per heavy atom. The number of halogens is 1. The molecule has 1 aliphatic rings. The van der Waals surface area contributed by atoms with Gasteiger partial charge in [0.05, 0.1) is 12.2 Å². The Morgan fingerprint density at radius 2 is 1.83 bits per heavy atom. The molecule has 0 unspecified atom stereocenters. The number of hydrogen-bond donors (Lipinski definition) is 0. The van der Waals surface area contributed by atoms with Crippen molar-refractivity contribution < 1.29 is 9.18 Å². The number of piperazine rings is 1. The van der Waals surface area contributed by atoms with Gasteiger partial charge in [-0.15, -0.1) is 5.10 Å². The van der Waals surface area contributed by atoms with Crippen LogP contribution in [0.2, 0.25) is 0 Å². The summed E-state index contributed by atoms with van der Waals surface area (Å²) in [6.07, 6.45) is 3.46. The summed E-state index contributed by atoms with van der Waals surface area (Å²) in [5.41, 5.74) is 1.59. The number of hydrogen-bond acceptors (Lipinski definition) is 5. The van der Waals surface area contributed by atoms with Crippen LogP contribution < -0.4 is 0 Å². The monoisotopic (exact) mass is 392 g/mol. The Kier molecular flexibility index (Phi) is 5.71. The third-order valence-electron chi connectivity index (χ3n) is 4.85. The first kappa shape index (κ1) is 18.9. The van der Waals surface area contributed by atoms with Crippen molar-refractivity contribution in [1.29, 1.82) is 0 Å². The molecule has 1 amide bonds. The summed E-state index contributed by atoms with van der Waals surface area (Å²) in [6.45, 7) is 3.26. The molecule has 148 valence electrons. The fraction of sp³-hybridized carbons (Fsp3) is 0.238. The molecule has 0 spiro atoms. The third-order valence-corrected chi connectivity index (χ3v) is 4.85. The minimum Gasteiger partial charge on any atom is -0.337 e. The summed E-state index contributed by atoms with van der Waals surface area (Å²) in [6, 6.07) is 15.9. The molecular weight excluding hydrogens is 371 g/mol. The summed E-state index contributed by atoms with van der Waals surface area (Å²) >= 11 is 0. The van der Waals surface area contributed by atoms with Gasteiger partial charge in [0.15, 0.2) is 5.82 Å². The van der Waals surface area contributed by atoms with E-state index in [4.69, 9.17) is 0 Å². The number of carbonyl (C=O) groups is 1. The second-order valence-corrected chi connectivity index (χ2v) is 6.83. The maximum Gasteiger partial charge on any atom is 0.246 e. The van der Waals surface area contributed by atoms with E-state index in [9.17, 15) is 9.18 Å². The van der Waals surface area contributed by atoms with Crippen LogP contribution in [0.5, 0.6) is 0 Å². The van der Waals surface area contributed by atoms with Gasteiger partial charge < -0.3 is 4.90 Å². The second-order valence-electron chi connectivity index (χ2n) is 6.83. The minimum atomic E-state index is -0.334. The van der Waals surface area contributed by atoms with E-state index >= 15 is 0 Å². The maximum absolute atomic E-state index is 13.5. The fourth-order valence-electron chi connectivity index (χ4n) is 3.28. The van der Waals surface area contributed by atoms with Gasteiger partial charge in [0.2, 0.25) is 5.91 Å². The van der Waals surface area contributed by atoms with Crippen LogP contribution in [0.15, 0.2) is 60.7 Å². The number of nitrogens with zero attached hydrogens (tertiary/aromatic N) is 6. The largest absolute Gasteiger partial charge is 0.337 e. The van der Waals surface area contributed by atoms with Crippen LogP contribution in [-0.4, -0.2) is 62.1 Å². The lowest BCUT2D eigenvalue weighted by atomic mass is 10.2. The number of carbonyl (C=O) groups excluding carboxylic acids is 1. The zero-order valence-electron chi connectivity index (χ0n) is 15.9. The van der Waals surface area contributed by atoms with E-state index in [1.165, 1.54) is 12.1 Å². The Labute approximate surface area is 168 Å². The average molecular weight is 392 g/mol. The van der Waals surface area contributed by atoms with Crippen molar-refractivity contribution in [2.45, 2.75) is 6.54 Å². The van der Waals surface area contributed by atoms with Gasteiger partial charge in [-0.05, 0) is 40.3 Å². The lowest BCUT2D eigenvalue weighted by Gasteiger charge is -2.33. The number of tetrazole rings is 1. The molecule has 1 aliphatic heterocycles. The molecule has 0 aliphatic carbocycles. The van der Waals surface area contributed by atoms with Crippen LogP contribution in [-0.2, 0) is 11.3 Å². The summed E-state index contributed by atoms with van der Waals surface area (Å²) in [4.78, 5) is 16.4. The number of rotatable bonds is 5. The average Bonchev–Trinajstić information content (AvgIpc) is 3.21. The van der Waals surface area contributed by atoms with Crippen molar-refractivity contribution in [2.24, 2.45) is 0 Å². The predicted octanol–water partition coefficient (Wildman–Crippen LogP) is 2.16. The lowest BCUT2D eigenvalue weighted by molar-refractivity contribution is -0.127. The van der Waals surface area contributed by atoms with Gasteiger partial charge in [-0.25, -0.2) is 4.39 Å². The van der Waals surface area contributed by atoms with Crippen molar-refractivity contribution in [3.8, 4) is 5.69 Å². The molecule has 2 heterocycles. The highest BCUT2D eigenvalue weighted by molar-refractivity contribution is 5.91. The third kappa shape index (κ3) is 4.72. The summed E-state index contributed by atoms with van der Waals surface area (Å²) < 4.78 is 15.0. The molecule has 1 aromatic heterocycles. The van der Waals surface area contributed by atoms with E-state index in [0.717, 1.165) is 18.7 Å². The summed E-state index contributed by atoms with van der Waals surface area (Å²) in [7, 11) is 0. The van der Waals surface area contributed by atoms with E-state index in [1.54, 1.807) is 22.9 Å². The highest BCUT2D eigenvalue weighted by Crippen LogP contribution is 2.13. The molecule has 7 nitrogen and oxygen atoms in total. The maximum atomic E-state index is 13.5. The Bertz CT molecular complexity index is 995. The van der Waals surface area contributed by atoms with Gasteiger partial charge in [-0.1, -0.05) is 36.4 Å². The van der Waals surface area contributed by atoms with Gasteiger partial charge in [-0.2, -0.15) is 4.68 Å². The molecule has 29 heavy (non-hydrogen) atoms. The normalized spacial score (nSPS) is 15.1. The number of aromatic nitrogens is 4. The highest BCUT2D eigenvalue weighted by atomic mass is 19.1. The smallest absolute Gasteiger partial charge is 0.246 e. The van der Waals surface area contributed by atoms with Crippen molar-refractivity contribution in [1.82, 2.24) is 30.0 Å². The van der Waals surface area contributed by atoms with Crippen molar-refractivity contribution in [3.63, 3.8) is 0 Å². The zero-order chi connectivity index (χ0) is 20.1. The van der Waals surface area contributed by atoms with Gasteiger partial charge in [0.1, 0.15) is 5.82 Å². The molecular formula is C21H21FN6O. The van der Waals surface area contributed by atoms with Gasteiger partial charge in [-0.3, -0.25) is 9.69 Å². The van der Waals surface area contributed by atoms with Gasteiger partial charge in [0.25, 0.3) is 0 Å². The van der Waals surface area contributed by atoms with Gasteiger partial charge in [0, 0.05) is 32.3 Å². The zero-order valence-corrected chi connectivity index (χ0v) is 15.9. The van der Waals surface area contributed by atoms with Gasteiger partial charge >= 0.3 is 0 Å². The number of benzene rings is 2. The molecule has 2 aromatic carbocycles. The molecule has 0 saturated carbocycles. The molecule has 3 aromatic rings. The van der Waals surface area contributed by atoms with Crippen molar-refractivity contribution >= 4 is 12.0 Å². The molecule has 8 heteroatoms. The van der Waals surface area contributed by atoms with Crippen molar-refractivity contribution in [3.05, 3.63) is 77.9 Å². The summed E-state index contributed by atoms with van der Waals surface area (Å²) in [5.74, 6) is 0.317. The molecule has 1 fully saturated rings. The van der Waals surface area contributed by atoms with Crippen LogP contribution in [0.25, 0.3) is 11.8 Å². The summed E-state index contributed by atoms with van der Waals surface area (Å²) in [5, 5.41) is 11.8. The van der Waals surface area contributed by atoms with Crippen molar-refractivity contribution in [2.75, 3.05) is 26.2 Å². The van der Waals surface area contributed by atoms with Crippen LogP contribution >= 0.6 is 0 Å². The van der Waals surface area contributed by atoms with Crippen LogP contribution in [0.4, 0.5) is 4.39 Å². The van der Waals surface area contributed by atoms with E-state index in [-0.39, 0.29) is 11.7 Å². The first-order chi connectivity index (χ1) is 14.2. The first-order valence-electron chi connectivity index (χ1n) is 9.46. The quantitative estimate of drug-likeness (QED) is 0.623.